The largest absolute Gasteiger partial charge is 0.452 e. The molecule has 5 rings (SSSR count). The number of nitrogens with one attached hydrogen (secondary N) is 2. The maximum atomic E-state index is 13.1. The molecule has 0 heterocycles. The Morgan fingerprint density at radius 1 is 1.00 bits per heavy atom. The highest BCUT2D eigenvalue weighted by molar-refractivity contribution is 5.96. The molecule has 6 nitrogen and oxygen atoms in total. The highest BCUT2D eigenvalue weighted by Gasteiger charge is 2.54. The van der Waals surface area contributed by atoms with Crippen LogP contribution in [-0.2, 0) is 14.3 Å². The lowest BCUT2D eigenvalue weighted by molar-refractivity contribution is -0.140. The van der Waals surface area contributed by atoms with E-state index in [9.17, 15) is 14.4 Å². The standard InChI is InChI=1S/C24H32N2O4/c1-2-3-8-25-21(27)15-30-22(28)19-4-6-20(7-5-19)26-23(29)24-12-16-9-17(13-24)11-18(10-16)14-24/h4-7,16-18H,2-3,8-15H2,1H3,(H,25,27)(H,26,29). The minimum absolute atomic E-state index is 0.140. The van der Waals surface area contributed by atoms with Gasteiger partial charge in [0, 0.05) is 12.2 Å². The number of hydrogen-bond acceptors (Lipinski definition) is 4. The van der Waals surface area contributed by atoms with Crippen LogP contribution in [0.4, 0.5) is 5.69 Å². The second-order valence-electron chi connectivity index (χ2n) is 9.51. The average molecular weight is 413 g/mol. The quantitative estimate of drug-likeness (QED) is 0.501. The van der Waals surface area contributed by atoms with Crippen molar-refractivity contribution in [2.45, 2.75) is 58.3 Å². The Balaban J connectivity index is 1.29. The molecule has 2 N–H and O–H groups in total. The van der Waals surface area contributed by atoms with E-state index in [1.165, 1.54) is 19.3 Å². The summed E-state index contributed by atoms with van der Waals surface area (Å²) in [5.74, 6) is 1.46. The zero-order chi connectivity index (χ0) is 21.1. The van der Waals surface area contributed by atoms with Crippen molar-refractivity contribution in [2.24, 2.45) is 23.2 Å². The zero-order valence-electron chi connectivity index (χ0n) is 17.7. The molecule has 6 heteroatoms. The van der Waals surface area contributed by atoms with Crippen molar-refractivity contribution < 1.29 is 19.1 Å². The van der Waals surface area contributed by atoms with E-state index in [1.54, 1.807) is 24.3 Å². The van der Waals surface area contributed by atoms with Crippen LogP contribution in [0.5, 0.6) is 0 Å². The molecule has 0 aliphatic heterocycles. The molecule has 4 aliphatic rings. The first-order valence-electron chi connectivity index (χ1n) is 11.3. The predicted molar refractivity (Wildman–Crippen MR) is 114 cm³/mol. The molecular formula is C24H32N2O4. The van der Waals surface area contributed by atoms with Crippen LogP contribution in [-0.4, -0.2) is 30.9 Å². The van der Waals surface area contributed by atoms with Gasteiger partial charge in [0.15, 0.2) is 6.61 Å². The number of hydrogen-bond donors (Lipinski definition) is 2. The number of ether oxygens (including phenoxy) is 1. The first-order valence-corrected chi connectivity index (χ1v) is 11.3. The summed E-state index contributed by atoms with van der Waals surface area (Å²) >= 11 is 0. The SMILES string of the molecule is CCCCNC(=O)COC(=O)c1ccc(NC(=O)C23CC4CC(CC(C4)C2)C3)cc1. The van der Waals surface area contributed by atoms with Crippen molar-refractivity contribution in [1.29, 1.82) is 0 Å². The van der Waals surface area contributed by atoms with Crippen molar-refractivity contribution in [3.8, 4) is 0 Å². The van der Waals surface area contributed by atoms with E-state index in [0.29, 0.717) is 17.8 Å². The Kier molecular flexibility index (Phi) is 6.11. The molecule has 4 saturated carbocycles. The van der Waals surface area contributed by atoms with E-state index >= 15 is 0 Å². The van der Waals surface area contributed by atoms with E-state index < -0.39 is 5.97 Å². The Morgan fingerprint density at radius 2 is 1.60 bits per heavy atom. The lowest BCUT2D eigenvalue weighted by Crippen LogP contribution is -2.51. The van der Waals surface area contributed by atoms with E-state index in [4.69, 9.17) is 4.74 Å². The van der Waals surface area contributed by atoms with Gasteiger partial charge in [0.1, 0.15) is 0 Å². The first kappa shape index (κ1) is 20.9. The Morgan fingerprint density at radius 3 is 2.17 bits per heavy atom. The normalized spacial score (nSPS) is 28.8. The van der Waals surface area contributed by atoms with Crippen LogP contribution in [0.15, 0.2) is 24.3 Å². The van der Waals surface area contributed by atoms with E-state index in [2.05, 4.69) is 10.6 Å². The van der Waals surface area contributed by atoms with E-state index in [1.807, 2.05) is 6.92 Å². The monoisotopic (exact) mass is 412 g/mol. The van der Waals surface area contributed by atoms with Gasteiger partial charge in [-0.15, -0.1) is 0 Å². The molecule has 1 aromatic rings. The highest BCUT2D eigenvalue weighted by Crippen LogP contribution is 2.60. The van der Waals surface area contributed by atoms with Crippen molar-refractivity contribution in [2.75, 3.05) is 18.5 Å². The van der Waals surface area contributed by atoms with Crippen molar-refractivity contribution >= 4 is 23.5 Å². The minimum atomic E-state index is -0.542. The molecule has 0 unspecified atom stereocenters. The van der Waals surface area contributed by atoms with Crippen LogP contribution in [0.1, 0.15) is 68.6 Å². The predicted octanol–water partition coefficient (Wildman–Crippen LogP) is 3.91. The maximum absolute atomic E-state index is 13.1. The fourth-order valence-corrected chi connectivity index (χ4v) is 6.01. The second-order valence-corrected chi connectivity index (χ2v) is 9.51. The first-order chi connectivity index (χ1) is 14.5. The van der Waals surface area contributed by atoms with Gasteiger partial charge in [0.05, 0.1) is 11.0 Å². The van der Waals surface area contributed by atoms with Crippen molar-refractivity contribution in [3.63, 3.8) is 0 Å². The molecule has 30 heavy (non-hydrogen) atoms. The van der Waals surface area contributed by atoms with Crippen molar-refractivity contribution in [1.82, 2.24) is 5.32 Å². The van der Waals surface area contributed by atoms with Crippen LogP contribution < -0.4 is 10.6 Å². The molecule has 0 aromatic heterocycles. The smallest absolute Gasteiger partial charge is 0.338 e. The van der Waals surface area contributed by atoms with Gasteiger partial charge in [-0.3, -0.25) is 9.59 Å². The van der Waals surface area contributed by atoms with Crippen LogP contribution in [0.25, 0.3) is 0 Å². The summed E-state index contributed by atoms with van der Waals surface area (Å²) in [5.41, 5.74) is 0.867. The number of benzene rings is 1. The molecule has 162 valence electrons. The number of carbonyl (C=O) groups excluding carboxylic acids is 3. The lowest BCUT2D eigenvalue weighted by Gasteiger charge is -2.55. The molecule has 2 amide bonds. The van der Waals surface area contributed by atoms with Gasteiger partial charge in [-0.2, -0.15) is 0 Å². The lowest BCUT2D eigenvalue weighted by atomic mass is 9.49. The summed E-state index contributed by atoms with van der Waals surface area (Å²) < 4.78 is 5.07. The minimum Gasteiger partial charge on any atom is -0.452 e. The number of unbranched alkanes of at least 4 members (excludes halogenated alkanes) is 1. The summed E-state index contributed by atoms with van der Waals surface area (Å²) in [6.07, 6.45) is 8.88. The Labute approximate surface area is 178 Å². The number of carbonyl (C=O) groups is 3. The summed E-state index contributed by atoms with van der Waals surface area (Å²) in [4.78, 5) is 36.9. The topological polar surface area (TPSA) is 84.5 Å². The van der Waals surface area contributed by atoms with Gasteiger partial charge in [-0.05, 0) is 87.0 Å². The average Bonchev–Trinajstić information content (AvgIpc) is 2.72. The molecule has 4 fully saturated rings. The number of anilines is 1. The van der Waals surface area contributed by atoms with Crippen LogP contribution >= 0.6 is 0 Å². The van der Waals surface area contributed by atoms with Crippen LogP contribution in [0.2, 0.25) is 0 Å². The summed E-state index contributed by atoms with van der Waals surface area (Å²) in [6.45, 7) is 2.35. The Bertz CT molecular complexity index is 767. The fraction of sp³-hybridized carbons (Fsp3) is 0.625. The third-order valence-electron chi connectivity index (χ3n) is 7.09. The summed E-state index contributed by atoms with van der Waals surface area (Å²) in [6, 6.07) is 6.73. The molecule has 0 saturated heterocycles. The summed E-state index contributed by atoms with van der Waals surface area (Å²) in [7, 11) is 0. The number of esters is 1. The van der Waals surface area contributed by atoms with Crippen LogP contribution in [0.3, 0.4) is 0 Å². The zero-order valence-corrected chi connectivity index (χ0v) is 17.7. The van der Waals surface area contributed by atoms with Crippen molar-refractivity contribution in [3.05, 3.63) is 29.8 Å². The molecule has 4 aliphatic carbocycles. The van der Waals surface area contributed by atoms with Gasteiger partial charge in [-0.25, -0.2) is 4.79 Å². The molecule has 1 aromatic carbocycles. The van der Waals surface area contributed by atoms with E-state index in [-0.39, 0.29) is 23.8 Å². The maximum Gasteiger partial charge on any atom is 0.338 e. The van der Waals surface area contributed by atoms with Gasteiger partial charge >= 0.3 is 5.97 Å². The third kappa shape index (κ3) is 4.52. The molecule has 4 bridgehead atoms. The molecule has 0 spiro atoms. The van der Waals surface area contributed by atoms with Crippen LogP contribution in [0, 0.1) is 23.2 Å². The van der Waals surface area contributed by atoms with Gasteiger partial charge in [0.2, 0.25) is 5.91 Å². The number of rotatable bonds is 8. The third-order valence-corrected chi connectivity index (χ3v) is 7.09. The fourth-order valence-electron chi connectivity index (χ4n) is 6.01. The number of amides is 2. The molecule has 0 radical (unpaired) electrons. The van der Waals surface area contributed by atoms with E-state index in [0.717, 1.165) is 49.9 Å². The summed E-state index contributed by atoms with van der Waals surface area (Å²) in [5, 5.41) is 5.80. The van der Waals surface area contributed by atoms with Gasteiger partial charge in [-0.1, -0.05) is 13.3 Å². The second kappa shape index (κ2) is 8.78. The Hall–Kier alpha value is -2.37. The van der Waals surface area contributed by atoms with Gasteiger partial charge in [0.25, 0.3) is 5.91 Å². The molecule has 0 atom stereocenters. The van der Waals surface area contributed by atoms with Gasteiger partial charge < -0.3 is 15.4 Å². The highest BCUT2D eigenvalue weighted by atomic mass is 16.5. The molecular weight excluding hydrogens is 380 g/mol.